The van der Waals surface area contributed by atoms with Gasteiger partial charge in [0.1, 0.15) is 11.3 Å². The molecule has 0 unspecified atom stereocenters. The number of nitrogens with zero attached hydrogens (tertiary/aromatic N) is 1. The van der Waals surface area contributed by atoms with Crippen LogP contribution >= 0.6 is 0 Å². The van der Waals surface area contributed by atoms with Gasteiger partial charge in [-0.2, -0.15) is 0 Å². The normalized spacial score (nSPS) is 14.2. The van der Waals surface area contributed by atoms with Crippen molar-refractivity contribution in [3.8, 4) is 5.75 Å². The molecule has 25 heavy (non-hydrogen) atoms. The summed E-state index contributed by atoms with van der Waals surface area (Å²) in [5.74, 6) is -0.605. The molecular formula is C19H32N3O3+. The fourth-order valence-corrected chi connectivity index (χ4v) is 3.82. The third kappa shape index (κ3) is 4.24. The Labute approximate surface area is 149 Å². The molecule has 0 spiro atoms. The van der Waals surface area contributed by atoms with E-state index in [4.69, 9.17) is 0 Å². The van der Waals surface area contributed by atoms with Crippen LogP contribution in [-0.2, 0) is 12.8 Å². The van der Waals surface area contributed by atoms with Crippen LogP contribution in [0.3, 0.4) is 0 Å². The number of hydrogen-bond donors (Lipinski definition) is 3. The Morgan fingerprint density at radius 1 is 1.16 bits per heavy atom. The van der Waals surface area contributed by atoms with Crippen molar-refractivity contribution >= 4 is 5.91 Å². The van der Waals surface area contributed by atoms with Crippen LogP contribution in [0, 0.1) is 0 Å². The number of carbonyl (C=O) groups excluding carboxylic acids is 1. The van der Waals surface area contributed by atoms with Crippen LogP contribution in [-0.4, -0.2) is 53.2 Å². The molecule has 0 saturated heterocycles. The third-order valence-corrected chi connectivity index (χ3v) is 5.82. The highest BCUT2D eigenvalue weighted by Crippen LogP contribution is 2.28. The number of nitrogens with one attached hydrogen (secondary N) is 2. The van der Waals surface area contributed by atoms with Crippen molar-refractivity contribution < 1.29 is 14.4 Å². The molecule has 0 atom stereocenters. The molecule has 1 aromatic heterocycles. The average Bonchev–Trinajstić information content (AvgIpc) is 2.62. The number of quaternary nitrogens is 1. The van der Waals surface area contributed by atoms with Crippen LogP contribution < -0.4 is 10.9 Å². The van der Waals surface area contributed by atoms with Gasteiger partial charge < -0.3 is 19.9 Å². The summed E-state index contributed by atoms with van der Waals surface area (Å²) in [6.45, 7) is 11.3. The Morgan fingerprint density at radius 3 is 2.44 bits per heavy atom. The number of pyridine rings is 1. The Bertz CT molecular complexity index is 654. The highest BCUT2D eigenvalue weighted by atomic mass is 16.3. The Kier molecular flexibility index (Phi) is 6.64. The summed E-state index contributed by atoms with van der Waals surface area (Å²) in [5, 5.41) is 13.2. The van der Waals surface area contributed by atoms with Crippen molar-refractivity contribution in [3.05, 3.63) is 27.2 Å². The molecule has 3 N–H and O–H groups in total. The predicted molar refractivity (Wildman–Crippen MR) is 99.1 cm³/mol. The smallest absolute Gasteiger partial charge is 0.264 e. The number of hydrogen-bond acceptors (Lipinski definition) is 3. The molecule has 0 aliphatic heterocycles. The molecule has 6 heteroatoms. The van der Waals surface area contributed by atoms with E-state index in [0.717, 1.165) is 67.6 Å². The first-order valence-electron chi connectivity index (χ1n) is 9.58. The van der Waals surface area contributed by atoms with E-state index in [9.17, 15) is 14.7 Å². The Balaban J connectivity index is 2.01. The Morgan fingerprint density at radius 2 is 1.80 bits per heavy atom. The van der Waals surface area contributed by atoms with Crippen LogP contribution in [0.2, 0.25) is 0 Å². The second-order valence-corrected chi connectivity index (χ2v) is 6.97. The quantitative estimate of drug-likeness (QED) is 0.495. The van der Waals surface area contributed by atoms with Crippen molar-refractivity contribution in [1.82, 2.24) is 10.3 Å². The van der Waals surface area contributed by atoms with E-state index >= 15 is 0 Å². The molecule has 0 fully saturated rings. The van der Waals surface area contributed by atoms with E-state index in [2.05, 4.69) is 31.1 Å². The lowest BCUT2D eigenvalue weighted by Crippen LogP contribution is -2.49. The maximum Gasteiger partial charge on any atom is 0.264 e. The molecular weight excluding hydrogens is 318 g/mol. The van der Waals surface area contributed by atoms with Gasteiger partial charge >= 0.3 is 0 Å². The topological polar surface area (TPSA) is 82.2 Å². The van der Waals surface area contributed by atoms with E-state index in [0.29, 0.717) is 13.0 Å². The maximum absolute atomic E-state index is 12.4. The zero-order valence-corrected chi connectivity index (χ0v) is 15.8. The zero-order chi connectivity index (χ0) is 18.4. The lowest BCUT2D eigenvalue weighted by molar-refractivity contribution is -0.923. The van der Waals surface area contributed by atoms with Gasteiger partial charge in [-0.15, -0.1) is 0 Å². The number of H-pyrrole nitrogens is 1. The molecule has 140 valence electrons. The maximum atomic E-state index is 12.4. The minimum atomic E-state index is -0.489. The number of amides is 1. The molecule has 0 radical (unpaired) electrons. The molecule has 2 rings (SSSR count). The first-order valence-corrected chi connectivity index (χ1v) is 9.58. The number of fused-ring (bicyclic) bond motifs is 1. The molecule has 1 aliphatic carbocycles. The summed E-state index contributed by atoms with van der Waals surface area (Å²) in [6, 6.07) is 0. The zero-order valence-electron chi connectivity index (χ0n) is 15.8. The van der Waals surface area contributed by atoms with E-state index in [1.54, 1.807) is 0 Å². The van der Waals surface area contributed by atoms with Gasteiger partial charge in [0.2, 0.25) is 0 Å². The van der Waals surface area contributed by atoms with E-state index in [-0.39, 0.29) is 11.3 Å². The largest absolute Gasteiger partial charge is 0.507 e. The number of aromatic amines is 1. The van der Waals surface area contributed by atoms with Gasteiger partial charge in [-0.3, -0.25) is 9.59 Å². The standard InChI is InChI=1S/C19H31N3O3/c1-4-22(5-2,6-3)13-9-12-20-18(24)16-17(23)14-10-7-8-11-15(14)21-19(16)25/h4-13H2,1-3H3,(H2-,20,21,23,24,25)/p+1. The summed E-state index contributed by atoms with van der Waals surface area (Å²) < 4.78 is 1.03. The highest BCUT2D eigenvalue weighted by molar-refractivity contribution is 5.96. The SMILES string of the molecule is CC[N+](CC)(CC)CCCNC(=O)c1c(O)c2c([nH]c1=O)CCCC2. The number of aryl methyl sites for hydroxylation is 1. The molecule has 0 bridgehead atoms. The highest BCUT2D eigenvalue weighted by Gasteiger charge is 2.24. The summed E-state index contributed by atoms with van der Waals surface area (Å²) >= 11 is 0. The van der Waals surface area contributed by atoms with Crippen LogP contribution in [0.4, 0.5) is 0 Å². The number of aromatic hydroxyl groups is 1. The first kappa shape index (κ1) is 19.5. The fourth-order valence-electron chi connectivity index (χ4n) is 3.82. The lowest BCUT2D eigenvalue weighted by atomic mass is 9.93. The minimum absolute atomic E-state index is 0.128. The van der Waals surface area contributed by atoms with E-state index in [1.807, 2.05) is 0 Å². The van der Waals surface area contributed by atoms with Crippen molar-refractivity contribution in [3.63, 3.8) is 0 Å². The molecule has 0 aromatic carbocycles. The lowest BCUT2D eigenvalue weighted by Gasteiger charge is -2.35. The molecule has 0 saturated carbocycles. The summed E-state index contributed by atoms with van der Waals surface area (Å²) in [4.78, 5) is 27.4. The predicted octanol–water partition coefficient (Wildman–Crippen LogP) is 1.96. The third-order valence-electron chi connectivity index (χ3n) is 5.82. The molecule has 1 heterocycles. The van der Waals surface area contributed by atoms with Gasteiger partial charge in [-0.25, -0.2) is 0 Å². The van der Waals surface area contributed by atoms with E-state index in [1.165, 1.54) is 0 Å². The van der Waals surface area contributed by atoms with E-state index < -0.39 is 11.5 Å². The number of rotatable bonds is 8. The van der Waals surface area contributed by atoms with Crippen LogP contribution in [0.15, 0.2) is 4.79 Å². The van der Waals surface area contributed by atoms with Crippen molar-refractivity contribution in [1.29, 1.82) is 0 Å². The molecule has 1 aliphatic rings. The van der Waals surface area contributed by atoms with Crippen molar-refractivity contribution in [2.45, 2.75) is 52.9 Å². The van der Waals surface area contributed by atoms with Gasteiger partial charge in [0.05, 0.1) is 26.2 Å². The van der Waals surface area contributed by atoms with Gasteiger partial charge in [0.25, 0.3) is 11.5 Å². The monoisotopic (exact) mass is 350 g/mol. The van der Waals surface area contributed by atoms with Crippen LogP contribution in [0.25, 0.3) is 0 Å². The summed E-state index contributed by atoms with van der Waals surface area (Å²) in [6.07, 6.45) is 4.29. The first-order chi connectivity index (χ1) is 12.0. The second-order valence-electron chi connectivity index (χ2n) is 6.97. The second kappa shape index (κ2) is 8.52. The van der Waals surface area contributed by atoms with Crippen LogP contribution in [0.5, 0.6) is 5.75 Å². The molecule has 6 nitrogen and oxygen atoms in total. The summed E-state index contributed by atoms with van der Waals surface area (Å²) in [5.41, 5.74) is 0.884. The van der Waals surface area contributed by atoms with Gasteiger partial charge in [-0.1, -0.05) is 0 Å². The molecule has 1 amide bonds. The van der Waals surface area contributed by atoms with Gasteiger partial charge in [-0.05, 0) is 46.5 Å². The number of aromatic nitrogens is 1. The fraction of sp³-hybridized carbons (Fsp3) is 0.684. The number of carbonyl (C=O) groups is 1. The van der Waals surface area contributed by atoms with Crippen LogP contribution in [0.1, 0.15) is 61.6 Å². The summed E-state index contributed by atoms with van der Waals surface area (Å²) in [7, 11) is 0. The van der Waals surface area contributed by atoms with Gasteiger partial charge in [0.15, 0.2) is 0 Å². The average molecular weight is 350 g/mol. The molecule has 1 aromatic rings. The minimum Gasteiger partial charge on any atom is -0.507 e. The van der Waals surface area contributed by atoms with Gasteiger partial charge in [0, 0.05) is 24.2 Å². The van der Waals surface area contributed by atoms with Crippen molar-refractivity contribution in [2.24, 2.45) is 0 Å². The van der Waals surface area contributed by atoms with Crippen molar-refractivity contribution in [2.75, 3.05) is 32.7 Å². The Hall–Kier alpha value is -1.82.